The highest BCUT2D eigenvalue weighted by Gasteiger charge is 2.88. The normalized spacial score (nSPS) is 28.6. The molecule has 8 heteroatoms. The summed E-state index contributed by atoms with van der Waals surface area (Å²) in [5.74, 6) is -2.07. The quantitative estimate of drug-likeness (QED) is 0.870. The van der Waals surface area contributed by atoms with Crippen LogP contribution >= 0.6 is 0 Å². The van der Waals surface area contributed by atoms with Gasteiger partial charge in [-0.05, 0) is 18.4 Å². The van der Waals surface area contributed by atoms with Crippen molar-refractivity contribution < 1.29 is 18.1 Å². The zero-order chi connectivity index (χ0) is 17.7. The van der Waals surface area contributed by atoms with Crippen LogP contribution in [-0.2, 0) is 12.0 Å². The Bertz CT molecular complexity index is 800. The molecule has 3 aliphatic rings. The van der Waals surface area contributed by atoms with Gasteiger partial charge in [-0.3, -0.25) is 0 Å². The lowest BCUT2D eigenvalue weighted by atomic mass is 9.30. The van der Waals surface area contributed by atoms with Gasteiger partial charge in [0.2, 0.25) is 5.89 Å². The molecule has 0 radical (unpaired) electrons. The fraction of sp³-hybridized carbons (Fsp3) is 0.471. The molecule has 2 amide bonds. The van der Waals surface area contributed by atoms with Gasteiger partial charge in [0.05, 0.1) is 17.4 Å². The van der Waals surface area contributed by atoms with E-state index < -0.39 is 22.8 Å². The zero-order valence-corrected chi connectivity index (χ0v) is 13.7. The van der Waals surface area contributed by atoms with Gasteiger partial charge in [-0.2, -0.15) is 4.98 Å². The smallest absolute Gasteiger partial charge is 0.315 e. The number of hydrogen-bond donors (Lipinski definition) is 2. The van der Waals surface area contributed by atoms with E-state index in [4.69, 9.17) is 4.52 Å². The number of halogens is 2. The van der Waals surface area contributed by atoms with E-state index in [1.54, 1.807) is 31.2 Å². The minimum atomic E-state index is -2.81. The Kier molecular flexibility index (Phi) is 3.35. The molecule has 3 fully saturated rings. The van der Waals surface area contributed by atoms with E-state index in [9.17, 15) is 13.6 Å². The molecule has 0 aliphatic heterocycles. The summed E-state index contributed by atoms with van der Waals surface area (Å²) in [4.78, 5) is 15.8. The third-order valence-corrected chi connectivity index (χ3v) is 5.44. The summed E-state index contributed by atoms with van der Waals surface area (Å²) >= 11 is 0. The number of benzene rings is 1. The van der Waals surface area contributed by atoms with Crippen molar-refractivity contribution in [2.75, 3.05) is 6.54 Å². The Morgan fingerprint density at radius 1 is 1.24 bits per heavy atom. The third-order valence-electron chi connectivity index (χ3n) is 5.44. The summed E-state index contributed by atoms with van der Waals surface area (Å²) in [6.07, 6.45) is 0.780. The Labute approximate surface area is 143 Å². The molecule has 2 aromatic rings. The number of carbonyl (C=O) groups is 1. The van der Waals surface area contributed by atoms with Crippen molar-refractivity contribution >= 4 is 6.03 Å². The predicted octanol–water partition coefficient (Wildman–Crippen LogP) is 2.54. The number of urea groups is 1. The molecule has 1 aromatic carbocycles. The van der Waals surface area contributed by atoms with E-state index in [1.807, 2.05) is 6.07 Å². The predicted molar refractivity (Wildman–Crippen MR) is 84.0 cm³/mol. The molecule has 5 rings (SSSR count). The highest BCUT2D eigenvalue weighted by atomic mass is 19.3. The maximum Gasteiger partial charge on any atom is 0.315 e. The number of nitrogens with zero attached hydrogens (tertiary/aromatic N) is 2. The lowest BCUT2D eigenvalue weighted by Gasteiger charge is -2.75. The number of alkyl halides is 2. The number of amides is 2. The summed E-state index contributed by atoms with van der Waals surface area (Å²) < 4.78 is 34.1. The zero-order valence-electron chi connectivity index (χ0n) is 13.7. The molecule has 0 saturated heterocycles. The average molecular weight is 348 g/mol. The number of hydrogen-bond acceptors (Lipinski definition) is 4. The van der Waals surface area contributed by atoms with Crippen LogP contribution in [0.25, 0.3) is 0 Å². The van der Waals surface area contributed by atoms with Crippen LogP contribution in [0.5, 0.6) is 0 Å². The standard InChI is InChI=1S/C17H18F2N4O2/c1-11-22-13(23-25-11)7-20-14(24)21-10-15-8-16(9-15,17(15,18)19)12-5-3-2-4-6-12/h2-6H,7-10H2,1H3,(H2,20,21,24). The minimum Gasteiger partial charge on any atom is -0.340 e. The van der Waals surface area contributed by atoms with Gasteiger partial charge in [0.15, 0.2) is 5.82 Å². The largest absolute Gasteiger partial charge is 0.340 e. The lowest BCUT2D eigenvalue weighted by Crippen LogP contribution is -2.83. The second kappa shape index (κ2) is 5.24. The van der Waals surface area contributed by atoms with E-state index in [0.717, 1.165) is 0 Å². The molecule has 1 aromatic heterocycles. The van der Waals surface area contributed by atoms with E-state index in [0.29, 0.717) is 30.1 Å². The Morgan fingerprint density at radius 3 is 2.56 bits per heavy atom. The molecule has 132 valence electrons. The first kappa shape index (κ1) is 16.0. The number of aryl methyl sites for hydroxylation is 1. The van der Waals surface area contributed by atoms with Crippen LogP contribution in [0.4, 0.5) is 13.6 Å². The maximum atomic E-state index is 14.7. The lowest BCUT2D eigenvalue weighted by molar-refractivity contribution is -0.367. The molecule has 0 spiro atoms. The fourth-order valence-electron chi connectivity index (χ4n) is 4.10. The van der Waals surface area contributed by atoms with Gasteiger partial charge in [-0.1, -0.05) is 35.5 Å². The Balaban J connectivity index is 1.32. The average Bonchev–Trinajstić information content (AvgIpc) is 2.98. The molecule has 0 unspecified atom stereocenters. The van der Waals surface area contributed by atoms with Crippen LogP contribution < -0.4 is 10.6 Å². The number of nitrogens with one attached hydrogen (secondary N) is 2. The van der Waals surface area contributed by atoms with Gasteiger partial charge in [0, 0.05) is 13.5 Å². The molecule has 2 bridgehead atoms. The molecule has 1 heterocycles. The summed E-state index contributed by atoms with van der Waals surface area (Å²) in [7, 11) is 0. The highest BCUT2D eigenvalue weighted by Crippen LogP contribution is 2.81. The molecule has 25 heavy (non-hydrogen) atoms. The summed E-state index contributed by atoms with van der Waals surface area (Å²) in [5.41, 5.74) is -1.52. The summed E-state index contributed by atoms with van der Waals surface area (Å²) in [6, 6.07) is 8.37. The molecule has 0 atom stereocenters. The first-order valence-electron chi connectivity index (χ1n) is 8.13. The maximum absolute atomic E-state index is 14.7. The van der Waals surface area contributed by atoms with Crippen LogP contribution in [0.2, 0.25) is 0 Å². The first-order chi connectivity index (χ1) is 11.9. The monoisotopic (exact) mass is 348 g/mol. The third kappa shape index (κ3) is 2.16. The van der Waals surface area contributed by atoms with E-state index in [-0.39, 0.29) is 13.1 Å². The van der Waals surface area contributed by atoms with Crippen molar-refractivity contribution in [2.24, 2.45) is 5.41 Å². The minimum absolute atomic E-state index is 0.0499. The Morgan fingerprint density at radius 2 is 1.96 bits per heavy atom. The van der Waals surface area contributed by atoms with Crippen molar-refractivity contribution in [2.45, 2.75) is 37.6 Å². The second-order valence-corrected chi connectivity index (χ2v) is 6.92. The fourth-order valence-corrected chi connectivity index (χ4v) is 4.10. The van der Waals surface area contributed by atoms with Crippen LogP contribution in [0.3, 0.4) is 0 Å². The van der Waals surface area contributed by atoms with Crippen molar-refractivity contribution in [3.63, 3.8) is 0 Å². The van der Waals surface area contributed by atoms with Crippen molar-refractivity contribution in [1.82, 2.24) is 20.8 Å². The molecule has 3 saturated carbocycles. The summed E-state index contributed by atoms with van der Waals surface area (Å²) in [6.45, 7) is 1.68. The Hall–Kier alpha value is -2.51. The molecule has 6 nitrogen and oxygen atoms in total. The number of aromatic nitrogens is 2. The second-order valence-electron chi connectivity index (χ2n) is 6.92. The van der Waals surface area contributed by atoms with Crippen LogP contribution in [0, 0.1) is 12.3 Å². The summed E-state index contributed by atoms with van der Waals surface area (Å²) in [5, 5.41) is 8.74. The van der Waals surface area contributed by atoms with Gasteiger partial charge in [-0.15, -0.1) is 0 Å². The van der Waals surface area contributed by atoms with Crippen molar-refractivity contribution in [3.8, 4) is 0 Å². The van der Waals surface area contributed by atoms with E-state index in [1.165, 1.54) is 0 Å². The van der Waals surface area contributed by atoms with Gasteiger partial charge in [-0.25, -0.2) is 13.6 Å². The highest BCUT2D eigenvalue weighted by molar-refractivity contribution is 5.74. The van der Waals surface area contributed by atoms with Crippen LogP contribution in [-0.4, -0.2) is 28.6 Å². The van der Waals surface area contributed by atoms with E-state index >= 15 is 0 Å². The van der Waals surface area contributed by atoms with Gasteiger partial charge >= 0.3 is 6.03 Å². The van der Waals surface area contributed by atoms with Crippen LogP contribution in [0.15, 0.2) is 34.9 Å². The van der Waals surface area contributed by atoms with Crippen molar-refractivity contribution in [3.05, 3.63) is 47.6 Å². The molecular weight excluding hydrogens is 330 g/mol. The van der Waals surface area contributed by atoms with Crippen molar-refractivity contribution in [1.29, 1.82) is 0 Å². The topological polar surface area (TPSA) is 80.0 Å². The SMILES string of the molecule is Cc1nc(CNC(=O)NCC23CC(c4ccccc4)(C2)C3(F)F)no1. The van der Waals surface area contributed by atoms with Gasteiger partial charge < -0.3 is 15.2 Å². The first-order valence-corrected chi connectivity index (χ1v) is 8.13. The molecular formula is C17H18F2N4O2. The number of rotatable bonds is 5. The molecule has 3 aliphatic carbocycles. The van der Waals surface area contributed by atoms with Crippen LogP contribution in [0.1, 0.15) is 30.1 Å². The van der Waals surface area contributed by atoms with E-state index in [2.05, 4.69) is 20.8 Å². The van der Waals surface area contributed by atoms with Gasteiger partial charge in [0.1, 0.15) is 0 Å². The molecule has 2 N–H and O–H groups in total. The van der Waals surface area contributed by atoms with Gasteiger partial charge in [0.25, 0.3) is 5.92 Å². The number of carbonyl (C=O) groups excluding carboxylic acids is 1.